The molecule has 10 rings (SSSR count). The van der Waals surface area contributed by atoms with Crippen molar-refractivity contribution in [2.45, 2.75) is 73.6 Å². The number of anilines is 1. The summed E-state index contributed by atoms with van der Waals surface area (Å²) in [7, 11) is 10.3. The van der Waals surface area contributed by atoms with Crippen LogP contribution >= 0.6 is 72.0 Å². The summed E-state index contributed by atoms with van der Waals surface area (Å²) >= 11 is 13.6. The van der Waals surface area contributed by atoms with E-state index in [1.54, 1.807) is 0 Å². The molecule has 0 atom stereocenters. The van der Waals surface area contributed by atoms with Gasteiger partial charge in [-0.2, -0.15) is 0 Å². The third kappa shape index (κ3) is 19.0. The van der Waals surface area contributed by atoms with Gasteiger partial charge in [0.25, 0.3) is 0 Å². The largest absolute Gasteiger partial charge is 1.00 e. The number of aliphatic carboxylic acids is 1. The zero-order chi connectivity index (χ0) is 55.8. The van der Waals surface area contributed by atoms with E-state index in [-0.39, 0.29) is 126 Å². The predicted octanol–water partition coefficient (Wildman–Crippen LogP) is 7.08. The van der Waals surface area contributed by atoms with E-state index in [2.05, 4.69) is 162 Å². The number of allylic oxidation sites excluding steroid dienone is 6. The van der Waals surface area contributed by atoms with Gasteiger partial charge in [0.1, 0.15) is 11.5 Å². The number of benzene rings is 2. The third-order valence-electron chi connectivity index (χ3n) is 14.5. The fourth-order valence-electron chi connectivity index (χ4n) is 9.61. The minimum Gasteiger partial charge on any atom is -1.00 e. The van der Waals surface area contributed by atoms with Gasteiger partial charge in [-0.25, -0.2) is 14.1 Å². The van der Waals surface area contributed by atoms with Crippen molar-refractivity contribution in [2.75, 3.05) is 52.6 Å². The molecule has 0 saturated carbocycles. The van der Waals surface area contributed by atoms with Crippen LogP contribution in [-0.4, -0.2) is 91.5 Å². The van der Waals surface area contributed by atoms with Gasteiger partial charge in [0.2, 0.25) is 0 Å². The van der Waals surface area contributed by atoms with Crippen molar-refractivity contribution in [1.82, 2.24) is 14.7 Å². The number of carboxylic acids is 1. The van der Waals surface area contributed by atoms with Crippen molar-refractivity contribution in [2.24, 2.45) is 39.5 Å². The Balaban J connectivity index is 0.000000635. The summed E-state index contributed by atoms with van der Waals surface area (Å²) < 4.78 is 4.16. The molecule has 0 saturated heterocycles. The van der Waals surface area contributed by atoms with E-state index < -0.39 is 5.97 Å². The number of aromatic nitrogens is 2. The number of para-hydroxylation sites is 2. The summed E-state index contributed by atoms with van der Waals surface area (Å²) in [5.41, 5.74) is 13.2. The number of aliphatic imine (C=N–C) groups is 4. The van der Waals surface area contributed by atoms with Gasteiger partial charge in [-0.3, -0.25) is 14.8 Å². The summed E-state index contributed by atoms with van der Waals surface area (Å²) in [5.74, 6) is 2.06. The number of pyridine rings is 2. The molecule has 6 aliphatic heterocycles. The number of carbonyl (C=O) groups is 1. The van der Waals surface area contributed by atoms with E-state index in [1.807, 2.05) is 113 Å². The van der Waals surface area contributed by atoms with E-state index in [9.17, 15) is 0 Å². The Labute approximate surface area is 572 Å². The molecular formula is C64H80Cl4I2N10NaO2+. The monoisotopic (exact) mass is 1440 g/mol. The van der Waals surface area contributed by atoms with Crippen molar-refractivity contribution in [1.29, 1.82) is 0 Å². The summed E-state index contributed by atoms with van der Waals surface area (Å²) in [6, 6.07) is 28.4. The molecule has 2 aromatic heterocycles. The van der Waals surface area contributed by atoms with Crippen LogP contribution in [0.1, 0.15) is 73.9 Å². The topological polar surface area (TPSA) is 119 Å². The standard InChI is InChI=1S/C30H35ClN5.C20H20ClN3.C11H15N2.C2H4O2.CH4.2ClH.2HI.Na/c1-29(2)22-10-8-16-35(6)27(22)32-24(29)14-12-20-18-34(5)19-21(26(20)31)13-15-25-30(3,4)23-11-9-17-36(7)28(23)33-25;1-24-14-16(12-22-18-8-4-2-5-9-18)20(21)17(15-24)13-23-19-10-6-3-7-11-19;1-8-11(2,3)9-6-5-7-13(4)10(9)12-8;1-2(3)4;;;;;;/h8-17H,18-19H2,1-7H3;2-13,22H,14-15H2,1H3;5-7H,1-4H3;1H3,(H,3,4);1H4;4*1H;/q+1;;+1;;;;;;;+1/p-2/b;16-12+,23-13?;;;;;;;;. The summed E-state index contributed by atoms with van der Waals surface area (Å²) in [6.07, 6.45) is 22.8. The number of hydrogen-bond acceptors (Lipinski definition) is 10. The fourth-order valence-corrected chi connectivity index (χ4v) is 10.1. The molecule has 440 valence electrons. The van der Waals surface area contributed by atoms with Crippen LogP contribution in [0.15, 0.2) is 210 Å². The molecule has 12 nitrogen and oxygen atoms in total. The maximum absolute atomic E-state index is 8.89. The number of halogens is 6. The summed E-state index contributed by atoms with van der Waals surface area (Å²) in [6.45, 7) is 19.6. The Morgan fingerprint density at radius 2 is 1.23 bits per heavy atom. The molecule has 0 aliphatic carbocycles. The quantitative estimate of drug-likeness (QED) is 0.0916. The molecule has 0 bridgehead atoms. The third-order valence-corrected chi connectivity index (χ3v) is 15.4. The first-order valence-electron chi connectivity index (χ1n) is 25.8. The number of hydrogen-bond donors (Lipinski definition) is 1. The molecule has 0 fully saturated rings. The van der Waals surface area contributed by atoms with Crippen LogP contribution in [0.25, 0.3) is 0 Å². The molecule has 0 radical (unpaired) electrons. The van der Waals surface area contributed by atoms with Crippen LogP contribution in [0.2, 0.25) is 0 Å². The van der Waals surface area contributed by atoms with Crippen molar-refractivity contribution >= 4 is 124 Å². The number of aryl methyl sites for hydroxylation is 2. The minimum absolute atomic E-state index is 0. The second-order valence-electron chi connectivity index (χ2n) is 21.6. The Bertz CT molecular complexity index is 3300. The number of nitrogens with one attached hydrogen (secondary N) is 1. The van der Waals surface area contributed by atoms with E-state index in [0.717, 1.165) is 106 Å². The molecule has 6 aliphatic rings. The Hall–Kier alpha value is -4.05. The zero-order valence-electron chi connectivity index (χ0n) is 49.5. The molecular weight excluding hydrogens is 1360 g/mol. The van der Waals surface area contributed by atoms with Gasteiger partial charge in [0.15, 0.2) is 5.71 Å². The molecule has 1 N–H and O–H groups in total. The van der Waals surface area contributed by atoms with Gasteiger partial charge in [-0.05, 0) is 144 Å². The first-order valence-corrected chi connectivity index (χ1v) is 26.6. The van der Waals surface area contributed by atoms with Crippen molar-refractivity contribution in [3.05, 3.63) is 201 Å². The molecule has 83 heavy (non-hydrogen) atoms. The van der Waals surface area contributed by atoms with Gasteiger partial charge in [0.05, 0.1) is 64.9 Å². The van der Waals surface area contributed by atoms with Crippen LogP contribution in [0.4, 0.5) is 23.0 Å². The number of carbonyl (C=O) groups excluding carboxylic acids is 1. The fraction of sp³-hybridized carbons (Fsp3) is 0.328. The maximum Gasteiger partial charge on any atom is 1.00 e. The Morgan fingerprint density at radius 1 is 0.711 bits per heavy atom. The Morgan fingerprint density at radius 3 is 1.78 bits per heavy atom. The van der Waals surface area contributed by atoms with E-state index in [4.69, 9.17) is 43.1 Å². The van der Waals surface area contributed by atoms with Crippen molar-refractivity contribution in [3.63, 3.8) is 0 Å². The van der Waals surface area contributed by atoms with E-state index in [1.165, 1.54) is 22.4 Å². The first-order chi connectivity index (χ1) is 36.5. The van der Waals surface area contributed by atoms with Gasteiger partial charge < -0.3 is 44.1 Å². The smallest absolute Gasteiger partial charge is 1.00 e. The zero-order valence-corrected chi connectivity index (χ0v) is 59.1. The Kier molecular flexibility index (Phi) is 31.3. The molecule has 8 heterocycles. The van der Waals surface area contributed by atoms with Crippen molar-refractivity contribution in [3.8, 4) is 0 Å². The number of amidine groups is 1. The average Bonchev–Trinajstić information content (AvgIpc) is 3.92. The number of fused-ring (bicyclic) bond motifs is 3. The van der Waals surface area contributed by atoms with E-state index in [0.29, 0.717) is 0 Å². The average molecular weight is 1440 g/mol. The summed E-state index contributed by atoms with van der Waals surface area (Å²) in [5, 5.41) is 13.8. The van der Waals surface area contributed by atoms with Gasteiger partial charge in [0, 0.05) is 90.7 Å². The van der Waals surface area contributed by atoms with Crippen LogP contribution in [0.3, 0.4) is 0 Å². The minimum atomic E-state index is -1.08. The molecule has 4 aromatic rings. The number of rotatable bonds is 7. The maximum atomic E-state index is 8.89. The van der Waals surface area contributed by atoms with Crippen molar-refractivity contribution < 1.29 is 72.6 Å². The normalized spacial score (nSPS) is 19.1. The number of carboxylic acid groups (broad SMARTS) is 1. The molecule has 2 aromatic carbocycles. The SMILES string of the molecule is C.CC(=O)[O-].CC1=Nc2c(ccc[n+]2C)C1(C)C.CN1CC(/C=C/C2=Nc3c(ccc[n+]3C)C2(C)C)=C(Cl)C(=C/C=C2/N=C3C(=CC=CN3C)C2(C)C)/C1.CN1CC(C=Nc2ccccc2)=C(Cl)/C(=C/Nc2ccccc2)C1.Cl.Cl.I.[I-].[Na+]. The van der Waals surface area contributed by atoms with E-state index >= 15 is 0 Å². The molecule has 0 spiro atoms. The second kappa shape index (κ2) is 33.7. The van der Waals surface area contributed by atoms with Crippen LogP contribution in [0, 0.1) is 5.41 Å². The first kappa shape index (κ1) is 77.0. The van der Waals surface area contributed by atoms with Gasteiger partial charge in [-0.1, -0.05) is 99.1 Å². The molecule has 0 unspecified atom stereocenters. The van der Waals surface area contributed by atoms with Gasteiger partial charge >= 0.3 is 41.2 Å². The van der Waals surface area contributed by atoms with Gasteiger partial charge in [-0.15, -0.1) is 48.8 Å². The van der Waals surface area contributed by atoms with Crippen LogP contribution in [-0.2, 0) is 29.7 Å². The number of likely N-dealkylation sites (N-methyl/N-ethyl adjacent to an activating group) is 3. The predicted molar refractivity (Wildman–Crippen MR) is 353 cm³/mol. The molecule has 0 amide bonds. The summed E-state index contributed by atoms with van der Waals surface area (Å²) in [4.78, 5) is 34.5. The second-order valence-corrected chi connectivity index (χ2v) is 22.4. The van der Waals surface area contributed by atoms with Crippen LogP contribution < -0.4 is 73.1 Å². The van der Waals surface area contributed by atoms with Crippen LogP contribution in [0.5, 0.6) is 0 Å². The molecule has 19 heteroatoms. The number of nitrogens with zero attached hydrogens (tertiary/aromatic N) is 9.